The fourth-order valence-corrected chi connectivity index (χ4v) is 2.38. The second kappa shape index (κ2) is 3.44. The summed E-state index contributed by atoms with van der Waals surface area (Å²) in [4.78, 5) is 0. The summed E-state index contributed by atoms with van der Waals surface area (Å²) in [5.74, 6) is -0.505. The van der Waals surface area contributed by atoms with Crippen molar-refractivity contribution in [2.24, 2.45) is 0 Å². The Morgan fingerprint density at radius 2 is 2.00 bits per heavy atom. The summed E-state index contributed by atoms with van der Waals surface area (Å²) < 4.78 is 38.3. The predicted molar refractivity (Wildman–Crippen MR) is 51.8 cm³/mol. The van der Waals surface area contributed by atoms with E-state index in [2.05, 4.69) is 0 Å². The molecule has 14 heavy (non-hydrogen) atoms. The molecule has 74 valence electrons. The van der Waals surface area contributed by atoms with Crippen LogP contribution in [0, 0.1) is 5.82 Å². The molecule has 2 aromatic rings. The summed E-state index contributed by atoms with van der Waals surface area (Å²) in [5, 5.41) is 1.59. The third kappa shape index (κ3) is 1.48. The van der Waals surface area contributed by atoms with Crippen LogP contribution in [0.1, 0.15) is 12.0 Å². The van der Waals surface area contributed by atoms with Crippen LogP contribution in [-0.2, 0) is 0 Å². The Morgan fingerprint density at radius 3 is 2.64 bits per heavy atom. The molecule has 0 bridgehead atoms. The monoisotopic (exact) mass is 236 g/mol. The minimum Gasteiger partial charge on any atom is -0.205 e. The minimum atomic E-state index is -2.63. The number of thiophene rings is 1. The third-order valence-corrected chi connectivity index (χ3v) is 3.27. The van der Waals surface area contributed by atoms with Crippen molar-refractivity contribution in [3.8, 4) is 0 Å². The predicted octanol–water partition coefficient (Wildman–Crippen LogP) is 4.63. The van der Waals surface area contributed by atoms with Gasteiger partial charge in [-0.1, -0.05) is 11.6 Å². The molecule has 1 aromatic carbocycles. The van der Waals surface area contributed by atoms with Crippen molar-refractivity contribution in [3.05, 3.63) is 33.9 Å². The van der Waals surface area contributed by atoms with Crippen molar-refractivity contribution in [1.82, 2.24) is 0 Å². The molecule has 0 aliphatic heterocycles. The lowest BCUT2D eigenvalue weighted by Gasteiger charge is -2.01. The Labute approximate surface area is 86.9 Å². The second-order valence-corrected chi connectivity index (χ2v) is 4.05. The summed E-state index contributed by atoms with van der Waals surface area (Å²) >= 11 is 6.84. The van der Waals surface area contributed by atoms with Crippen molar-refractivity contribution < 1.29 is 13.2 Å². The van der Waals surface area contributed by atoms with E-state index in [4.69, 9.17) is 11.6 Å². The van der Waals surface area contributed by atoms with Gasteiger partial charge in [-0.3, -0.25) is 0 Å². The van der Waals surface area contributed by atoms with Gasteiger partial charge in [-0.15, -0.1) is 11.3 Å². The number of alkyl halides is 2. The zero-order chi connectivity index (χ0) is 10.3. The van der Waals surface area contributed by atoms with Crippen LogP contribution in [0.15, 0.2) is 17.5 Å². The summed E-state index contributed by atoms with van der Waals surface area (Å²) in [5.41, 5.74) is -0.250. The largest absolute Gasteiger partial charge is 0.263 e. The molecule has 0 saturated carbocycles. The van der Waals surface area contributed by atoms with Crippen molar-refractivity contribution in [2.45, 2.75) is 6.43 Å². The number of hydrogen-bond donors (Lipinski definition) is 0. The second-order valence-electron chi connectivity index (χ2n) is 2.76. The lowest BCUT2D eigenvalue weighted by Crippen LogP contribution is -1.84. The summed E-state index contributed by atoms with van der Waals surface area (Å²) in [6.07, 6.45) is -2.63. The number of halogens is 4. The molecule has 0 amide bonds. The van der Waals surface area contributed by atoms with Gasteiger partial charge >= 0.3 is 0 Å². The first-order valence-corrected chi connectivity index (χ1v) is 4.99. The minimum absolute atomic E-state index is 0.165. The Morgan fingerprint density at radius 1 is 1.29 bits per heavy atom. The fourth-order valence-electron chi connectivity index (χ4n) is 1.21. The molecule has 2 rings (SSSR count). The number of benzene rings is 1. The Hall–Kier alpha value is -0.740. The van der Waals surface area contributed by atoms with Gasteiger partial charge in [0, 0.05) is 16.3 Å². The molecular formula is C9H4ClF3S. The average molecular weight is 237 g/mol. The van der Waals surface area contributed by atoms with Crippen molar-refractivity contribution in [2.75, 3.05) is 0 Å². The van der Waals surface area contributed by atoms with Gasteiger partial charge in [-0.25, -0.2) is 13.2 Å². The van der Waals surface area contributed by atoms with E-state index in [0.717, 1.165) is 17.4 Å². The first kappa shape index (κ1) is 9.80. The van der Waals surface area contributed by atoms with Crippen LogP contribution in [0.25, 0.3) is 10.1 Å². The topological polar surface area (TPSA) is 0 Å². The lowest BCUT2D eigenvalue weighted by molar-refractivity contribution is 0.151. The van der Waals surface area contributed by atoms with Gasteiger partial charge in [0.1, 0.15) is 5.82 Å². The van der Waals surface area contributed by atoms with Crippen LogP contribution < -0.4 is 0 Å². The number of rotatable bonds is 1. The molecule has 0 N–H and O–H groups in total. The summed E-state index contributed by atoms with van der Waals surface area (Å²) in [6, 6.07) is 2.31. The van der Waals surface area contributed by atoms with E-state index in [9.17, 15) is 13.2 Å². The van der Waals surface area contributed by atoms with Gasteiger partial charge in [0.05, 0.1) is 9.72 Å². The van der Waals surface area contributed by atoms with E-state index in [-0.39, 0.29) is 16.0 Å². The van der Waals surface area contributed by atoms with E-state index < -0.39 is 12.2 Å². The molecule has 0 radical (unpaired) electrons. The van der Waals surface area contributed by atoms with E-state index in [0.29, 0.717) is 4.70 Å². The van der Waals surface area contributed by atoms with Crippen LogP contribution in [0.5, 0.6) is 0 Å². The molecule has 1 aromatic heterocycles. The van der Waals surface area contributed by atoms with Crippen LogP contribution in [0.3, 0.4) is 0 Å². The molecular weight excluding hydrogens is 233 g/mol. The molecule has 0 aliphatic carbocycles. The first-order chi connectivity index (χ1) is 6.59. The molecule has 0 spiro atoms. The highest BCUT2D eigenvalue weighted by Gasteiger charge is 2.13. The zero-order valence-electron chi connectivity index (χ0n) is 6.73. The van der Waals surface area contributed by atoms with Gasteiger partial charge in [-0.05, 0) is 12.1 Å². The molecule has 0 unspecified atom stereocenters. The molecule has 5 heteroatoms. The number of fused-ring (bicyclic) bond motifs is 1. The van der Waals surface area contributed by atoms with E-state index >= 15 is 0 Å². The standard InChI is InChI=1S/C9H4ClF3S/c10-6-2-4(9(12)13)1-5-7(11)3-14-8(5)6/h1-3,9H. The highest BCUT2D eigenvalue weighted by Crippen LogP contribution is 2.35. The van der Waals surface area contributed by atoms with Gasteiger partial charge in [0.2, 0.25) is 0 Å². The molecule has 1 heterocycles. The maximum Gasteiger partial charge on any atom is 0.263 e. The van der Waals surface area contributed by atoms with Crippen molar-refractivity contribution >= 4 is 33.0 Å². The highest BCUT2D eigenvalue weighted by molar-refractivity contribution is 7.17. The van der Waals surface area contributed by atoms with Gasteiger partial charge < -0.3 is 0 Å². The highest BCUT2D eigenvalue weighted by atomic mass is 35.5. The number of hydrogen-bond acceptors (Lipinski definition) is 1. The molecule has 0 aliphatic rings. The van der Waals surface area contributed by atoms with E-state index in [1.807, 2.05) is 0 Å². The smallest absolute Gasteiger partial charge is 0.205 e. The molecule has 0 atom stereocenters. The van der Waals surface area contributed by atoms with E-state index in [1.54, 1.807) is 0 Å². The average Bonchev–Trinajstić information content (AvgIpc) is 2.48. The summed E-state index contributed by atoms with van der Waals surface area (Å²) in [6.45, 7) is 0. The van der Waals surface area contributed by atoms with Crippen LogP contribution in [0.4, 0.5) is 13.2 Å². The van der Waals surface area contributed by atoms with Gasteiger partial charge in [0.25, 0.3) is 6.43 Å². The van der Waals surface area contributed by atoms with Gasteiger partial charge in [0.15, 0.2) is 0 Å². The SMILES string of the molecule is Fc1csc2c(Cl)cc(C(F)F)cc12. The zero-order valence-corrected chi connectivity index (χ0v) is 8.30. The Kier molecular flexibility index (Phi) is 2.41. The first-order valence-electron chi connectivity index (χ1n) is 3.74. The van der Waals surface area contributed by atoms with Crippen LogP contribution in [-0.4, -0.2) is 0 Å². The van der Waals surface area contributed by atoms with Crippen LogP contribution in [0.2, 0.25) is 5.02 Å². The molecule has 0 nitrogen and oxygen atoms in total. The molecule has 0 fully saturated rings. The maximum atomic E-state index is 13.1. The van der Waals surface area contributed by atoms with E-state index in [1.165, 1.54) is 11.4 Å². The fraction of sp³-hybridized carbons (Fsp3) is 0.111. The lowest BCUT2D eigenvalue weighted by atomic mass is 10.2. The maximum absolute atomic E-state index is 13.1. The Bertz CT molecular complexity index is 478. The third-order valence-electron chi connectivity index (χ3n) is 1.86. The Balaban J connectivity index is 2.75. The quantitative estimate of drug-likeness (QED) is 0.677. The normalized spacial score (nSPS) is 11.5. The molecule has 0 saturated heterocycles. The van der Waals surface area contributed by atoms with Crippen molar-refractivity contribution in [1.29, 1.82) is 0 Å². The van der Waals surface area contributed by atoms with Gasteiger partial charge in [-0.2, -0.15) is 0 Å². The van der Waals surface area contributed by atoms with Crippen molar-refractivity contribution in [3.63, 3.8) is 0 Å². The van der Waals surface area contributed by atoms with Crippen LogP contribution >= 0.6 is 22.9 Å². The summed E-state index contributed by atoms with van der Waals surface area (Å²) in [7, 11) is 0.